The first kappa shape index (κ1) is 11.0. The lowest BCUT2D eigenvalue weighted by atomic mass is 10.1. The summed E-state index contributed by atoms with van der Waals surface area (Å²) in [6, 6.07) is 6.89. The second-order valence-corrected chi connectivity index (χ2v) is 3.18. The molecule has 0 spiro atoms. The van der Waals surface area contributed by atoms with Crippen LogP contribution in [0.2, 0.25) is 0 Å². The van der Waals surface area contributed by atoms with Crippen molar-refractivity contribution in [1.29, 1.82) is 5.41 Å². The zero-order valence-corrected chi connectivity index (χ0v) is 8.40. The number of carbonyl (C=O) groups is 1. The highest BCUT2D eigenvalue weighted by molar-refractivity contribution is 5.91. The number of nitrogens with zero attached hydrogens (tertiary/aromatic N) is 1. The Morgan fingerprint density at radius 1 is 1.47 bits per heavy atom. The van der Waals surface area contributed by atoms with E-state index in [-0.39, 0.29) is 12.4 Å². The van der Waals surface area contributed by atoms with Crippen LogP contribution in [0.5, 0.6) is 0 Å². The van der Waals surface area contributed by atoms with Gasteiger partial charge in [-0.25, -0.2) is 0 Å². The van der Waals surface area contributed by atoms with Crippen molar-refractivity contribution in [3.8, 4) is 0 Å². The number of anilines is 1. The Balaban J connectivity index is 2.80. The predicted molar refractivity (Wildman–Crippen MR) is 58.1 cm³/mol. The number of aliphatic carboxylic acids is 1. The first-order chi connectivity index (χ1) is 7.00. The molecule has 0 unspecified atom stereocenters. The van der Waals surface area contributed by atoms with Gasteiger partial charge in [-0.3, -0.25) is 10.2 Å². The molecule has 1 rings (SSSR count). The summed E-state index contributed by atoms with van der Waals surface area (Å²) in [5, 5.41) is 15.8. The molecular formula is C10H13N3O2. The summed E-state index contributed by atoms with van der Waals surface area (Å²) >= 11 is 0. The van der Waals surface area contributed by atoms with Crippen molar-refractivity contribution in [3.05, 3.63) is 29.8 Å². The number of hydrogen-bond donors (Lipinski definition) is 3. The van der Waals surface area contributed by atoms with Gasteiger partial charge in [0.05, 0.1) is 6.42 Å². The number of carboxylic acid groups (broad SMARTS) is 1. The SMILES string of the molecule is CN(C(=N)N)c1ccc(CC(=O)O)cc1. The molecule has 1 aromatic rings. The lowest BCUT2D eigenvalue weighted by Gasteiger charge is -2.16. The molecular weight excluding hydrogens is 194 g/mol. The summed E-state index contributed by atoms with van der Waals surface area (Å²) in [6.07, 6.45) is 0.00403. The van der Waals surface area contributed by atoms with Gasteiger partial charge >= 0.3 is 5.97 Å². The number of benzene rings is 1. The molecule has 0 fully saturated rings. The van der Waals surface area contributed by atoms with E-state index in [2.05, 4.69) is 0 Å². The summed E-state index contributed by atoms with van der Waals surface area (Å²) in [7, 11) is 1.68. The maximum Gasteiger partial charge on any atom is 0.307 e. The molecule has 0 aliphatic carbocycles. The van der Waals surface area contributed by atoms with E-state index in [1.165, 1.54) is 4.90 Å². The maximum absolute atomic E-state index is 10.4. The Morgan fingerprint density at radius 3 is 2.40 bits per heavy atom. The Kier molecular flexibility index (Phi) is 3.28. The molecule has 4 N–H and O–H groups in total. The van der Waals surface area contributed by atoms with E-state index in [1.807, 2.05) is 0 Å². The van der Waals surface area contributed by atoms with Crippen molar-refractivity contribution < 1.29 is 9.90 Å². The second kappa shape index (κ2) is 4.45. The maximum atomic E-state index is 10.4. The van der Waals surface area contributed by atoms with Crippen molar-refractivity contribution in [1.82, 2.24) is 0 Å². The lowest BCUT2D eigenvalue weighted by Crippen LogP contribution is -2.32. The second-order valence-electron chi connectivity index (χ2n) is 3.18. The predicted octanol–water partition coefficient (Wildman–Crippen LogP) is 0.643. The van der Waals surface area contributed by atoms with Crippen LogP contribution in [-0.4, -0.2) is 24.1 Å². The van der Waals surface area contributed by atoms with E-state index >= 15 is 0 Å². The molecule has 15 heavy (non-hydrogen) atoms. The van der Waals surface area contributed by atoms with Crippen LogP contribution in [-0.2, 0) is 11.2 Å². The molecule has 0 atom stereocenters. The van der Waals surface area contributed by atoms with Crippen LogP contribution >= 0.6 is 0 Å². The monoisotopic (exact) mass is 207 g/mol. The fourth-order valence-electron chi connectivity index (χ4n) is 1.15. The molecule has 0 saturated heterocycles. The standard InChI is InChI=1S/C10H13N3O2/c1-13(10(11)12)8-4-2-7(3-5-8)6-9(14)15/h2-5H,6H2,1H3,(H3,11,12)(H,14,15). The van der Waals surface area contributed by atoms with E-state index in [0.29, 0.717) is 0 Å². The third-order valence-electron chi connectivity index (χ3n) is 2.04. The summed E-state index contributed by atoms with van der Waals surface area (Å²) in [5.74, 6) is -0.913. The van der Waals surface area contributed by atoms with Crippen molar-refractivity contribution in [3.63, 3.8) is 0 Å². The van der Waals surface area contributed by atoms with E-state index in [4.69, 9.17) is 16.2 Å². The average molecular weight is 207 g/mol. The Bertz CT molecular complexity index is 373. The molecule has 0 amide bonds. The zero-order valence-electron chi connectivity index (χ0n) is 8.40. The van der Waals surface area contributed by atoms with Gasteiger partial charge in [0.25, 0.3) is 0 Å². The van der Waals surface area contributed by atoms with Crippen LogP contribution in [0.15, 0.2) is 24.3 Å². The largest absolute Gasteiger partial charge is 0.481 e. The molecule has 1 aromatic carbocycles. The minimum Gasteiger partial charge on any atom is -0.481 e. The van der Waals surface area contributed by atoms with Gasteiger partial charge in [0, 0.05) is 12.7 Å². The number of nitrogens with two attached hydrogens (primary N) is 1. The lowest BCUT2D eigenvalue weighted by molar-refractivity contribution is -0.136. The van der Waals surface area contributed by atoms with Crippen LogP contribution in [0.4, 0.5) is 5.69 Å². The highest BCUT2D eigenvalue weighted by Gasteiger charge is 2.04. The summed E-state index contributed by atoms with van der Waals surface area (Å²) < 4.78 is 0. The van der Waals surface area contributed by atoms with Gasteiger partial charge in [-0.15, -0.1) is 0 Å². The van der Waals surface area contributed by atoms with Gasteiger partial charge in [0.1, 0.15) is 0 Å². The summed E-state index contributed by atoms with van der Waals surface area (Å²) in [5.41, 5.74) is 6.79. The minimum absolute atomic E-state index is 0.00403. The fourth-order valence-corrected chi connectivity index (χ4v) is 1.15. The van der Waals surface area contributed by atoms with E-state index in [0.717, 1.165) is 11.3 Å². The molecule has 80 valence electrons. The molecule has 0 radical (unpaired) electrons. The van der Waals surface area contributed by atoms with E-state index in [9.17, 15) is 4.79 Å². The minimum atomic E-state index is -0.859. The topological polar surface area (TPSA) is 90.4 Å². The smallest absolute Gasteiger partial charge is 0.307 e. The molecule has 0 aromatic heterocycles. The van der Waals surface area contributed by atoms with Gasteiger partial charge < -0.3 is 15.7 Å². The van der Waals surface area contributed by atoms with Crippen LogP contribution < -0.4 is 10.6 Å². The molecule has 0 aliphatic rings. The number of carboxylic acids is 1. The number of guanidine groups is 1. The average Bonchev–Trinajstić information content (AvgIpc) is 2.17. The van der Waals surface area contributed by atoms with Gasteiger partial charge in [0.15, 0.2) is 5.96 Å². The van der Waals surface area contributed by atoms with Crippen molar-refractivity contribution in [2.45, 2.75) is 6.42 Å². The van der Waals surface area contributed by atoms with E-state index < -0.39 is 5.97 Å². The normalized spacial score (nSPS) is 9.67. The number of hydrogen-bond acceptors (Lipinski definition) is 2. The Labute approximate surface area is 87.6 Å². The third-order valence-corrected chi connectivity index (χ3v) is 2.04. The first-order valence-electron chi connectivity index (χ1n) is 4.39. The highest BCUT2D eigenvalue weighted by Crippen LogP contribution is 2.13. The van der Waals surface area contributed by atoms with Crippen molar-refractivity contribution in [2.24, 2.45) is 5.73 Å². The fraction of sp³-hybridized carbons (Fsp3) is 0.200. The number of nitrogens with one attached hydrogen (secondary N) is 1. The van der Waals surface area contributed by atoms with Gasteiger partial charge in [-0.1, -0.05) is 12.1 Å². The molecule has 0 saturated carbocycles. The molecule has 5 nitrogen and oxygen atoms in total. The summed E-state index contributed by atoms with van der Waals surface area (Å²) in [4.78, 5) is 11.9. The van der Waals surface area contributed by atoms with Crippen LogP contribution in [0.25, 0.3) is 0 Å². The number of rotatable bonds is 3. The zero-order chi connectivity index (χ0) is 11.4. The quantitative estimate of drug-likeness (QED) is 0.501. The third kappa shape index (κ3) is 2.98. The molecule has 0 bridgehead atoms. The Hall–Kier alpha value is -2.04. The summed E-state index contributed by atoms with van der Waals surface area (Å²) in [6.45, 7) is 0. The molecule has 0 aliphatic heterocycles. The van der Waals surface area contributed by atoms with E-state index in [1.54, 1.807) is 31.3 Å². The van der Waals surface area contributed by atoms with Gasteiger partial charge in [-0.2, -0.15) is 0 Å². The van der Waals surface area contributed by atoms with Gasteiger partial charge in [-0.05, 0) is 17.7 Å². The molecule has 5 heteroatoms. The Morgan fingerprint density at radius 2 is 2.00 bits per heavy atom. The van der Waals surface area contributed by atoms with Crippen LogP contribution in [0.3, 0.4) is 0 Å². The highest BCUT2D eigenvalue weighted by atomic mass is 16.4. The molecule has 0 heterocycles. The van der Waals surface area contributed by atoms with Crippen molar-refractivity contribution >= 4 is 17.6 Å². The van der Waals surface area contributed by atoms with Crippen LogP contribution in [0.1, 0.15) is 5.56 Å². The van der Waals surface area contributed by atoms with Gasteiger partial charge in [0.2, 0.25) is 0 Å². The first-order valence-corrected chi connectivity index (χ1v) is 4.39. The van der Waals surface area contributed by atoms with Crippen LogP contribution in [0, 0.1) is 5.41 Å². The van der Waals surface area contributed by atoms with Crippen molar-refractivity contribution in [2.75, 3.05) is 11.9 Å².